The summed E-state index contributed by atoms with van der Waals surface area (Å²) in [5.74, 6) is -0.625. The van der Waals surface area contributed by atoms with Gasteiger partial charge >= 0.3 is 5.97 Å². The van der Waals surface area contributed by atoms with Gasteiger partial charge in [0.2, 0.25) is 0 Å². The van der Waals surface area contributed by atoms with Crippen LogP contribution in [0.1, 0.15) is 30.1 Å². The first kappa shape index (κ1) is 21.5. The van der Waals surface area contributed by atoms with Gasteiger partial charge in [-0.05, 0) is 56.2 Å². The second kappa shape index (κ2) is 9.21. The topological polar surface area (TPSA) is 73.7 Å². The summed E-state index contributed by atoms with van der Waals surface area (Å²) in [6.07, 6.45) is 2.53. The molecule has 0 spiro atoms. The van der Waals surface area contributed by atoms with Crippen LogP contribution in [-0.4, -0.2) is 52.9 Å². The van der Waals surface area contributed by atoms with Gasteiger partial charge in [0.25, 0.3) is 5.91 Å². The van der Waals surface area contributed by atoms with E-state index in [1.165, 1.54) is 23.0 Å². The molecule has 1 aromatic heterocycles. The largest absolute Gasteiger partial charge is 0.497 e. The van der Waals surface area contributed by atoms with Gasteiger partial charge in [0.1, 0.15) is 22.8 Å². The van der Waals surface area contributed by atoms with Gasteiger partial charge in [-0.15, -0.1) is 0 Å². The molecule has 0 N–H and O–H groups in total. The summed E-state index contributed by atoms with van der Waals surface area (Å²) in [4.78, 5) is 27.4. The maximum absolute atomic E-state index is 13.4. The molecule has 1 fully saturated rings. The highest BCUT2D eigenvalue weighted by Crippen LogP contribution is 2.28. The SMILES string of the molecule is COc1cccc(-c2nn(-c3ccc(F)cc3)cc2C(=O)O[C@@H](C)C(=O)N2CCCC2)c1. The van der Waals surface area contributed by atoms with Crippen molar-refractivity contribution in [2.45, 2.75) is 25.9 Å². The van der Waals surface area contributed by atoms with Crippen LogP contribution in [0.5, 0.6) is 5.75 Å². The number of halogens is 1. The molecule has 0 saturated carbocycles. The number of ether oxygens (including phenoxy) is 2. The predicted octanol–water partition coefficient (Wildman–Crippen LogP) is 3.85. The van der Waals surface area contributed by atoms with Crippen LogP contribution >= 0.6 is 0 Å². The number of nitrogens with zero attached hydrogens (tertiary/aromatic N) is 3. The van der Waals surface area contributed by atoms with E-state index in [1.54, 1.807) is 55.3 Å². The van der Waals surface area contributed by atoms with Crippen LogP contribution in [0.2, 0.25) is 0 Å². The number of hydrogen-bond donors (Lipinski definition) is 0. The second-order valence-corrected chi connectivity index (χ2v) is 7.62. The lowest BCUT2D eigenvalue weighted by Crippen LogP contribution is -2.38. The lowest BCUT2D eigenvalue weighted by atomic mass is 10.1. The van der Waals surface area contributed by atoms with Crippen LogP contribution in [0.3, 0.4) is 0 Å². The number of benzene rings is 2. The van der Waals surface area contributed by atoms with Gasteiger partial charge in [-0.2, -0.15) is 5.10 Å². The zero-order valence-electron chi connectivity index (χ0n) is 18.0. The Bertz CT molecular complexity index is 1120. The van der Waals surface area contributed by atoms with Gasteiger partial charge in [-0.1, -0.05) is 12.1 Å². The quantitative estimate of drug-likeness (QED) is 0.548. The molecule has 4 rings (SSSR count). The van der Waals surface area contributed by atoms with Gasteiger partial charge in [0.05, 0.1) is 12.8 Å². The van der Waals surface area contributed by atoms with E-state index in [1.807, 2.05) is 0 Å². The smallest absolute Gasteiger partial charge is 0.342 e. The minimum atomic E-state index is -0.909. The van der Waals surface area contributed by atoms with Crippen molar-refractivity contribution < 1.29 is 23.5 Å². The first-order valence-corrected chi connectivity index (χ1v) is 10.5. The van der Waals surface area contributed by atoms with Gasteiger partial charge < -0.3 is 14.4 Å². The number of amides is 1. The summed E-state index contributed by atoms with van der Waals surface area (Å²) in [5, 5.41) is 4.55. The molecule has 2 aromatic carbocycles. The van der Waals surface area contributed by atoms with Crippen LogP contribution in [0, 0.1) is 5.82 Å². The molecule has 7 nitrogen and oxygen atoms in total. The van der Waals surface area contributed by atoms with Crippen LogP contribution < -0.4 is 4.74 Å². The van der Waals surface area contributed by atoms with E-state index in [0.717, 1.165) is 12.8 Å². The molecular weight excluding hydrogens is 413 g/mol. The van der Waals surface area contributed by atoms with Crippen LogP contribution in [-0.2, 0) is 9.53 Å². The van der Waals surface area contributed by atoms with Gasteiger partial charge in [0, 0.05) is 24.8 Å². The average molecular weight is 437 g/mol. The lowest BCUT2D eigenvalue weighted by molar-refractivity contribution is -0.138. The molecule has 0 radical (unpaired) electrons. The van der Waals surface area contributed by atoms with Crippen LogP contribution in [0.15, 0.2) is 54.7 Å². The first-order valence-electron chi connectivity index (χ1n) is 10.5. The number of aromatic nitrogens is 2. The van der Waals surface area contributed by atoms with Crippen molar-refractivity contribution in [2.24, 2.45) is 0 Å². The number of carbonyl (C=O) groups is 2. The van der Waals surface area contributed by atoms with Crippen molar-refractivity contribution in [1.82, 2.24) is 14.7 Å². The normalized spacial score (nSPS) is 14.3. The molecule has 1 atom stereocenters. The molecule has 8 heteroatoms. The van der Waals surface area contributed by atoms with E-state index in [-0.39, 0.29) is 17.3 Å². The highest BCUT2D eigenvalue weighted by Gasteiger charge is 2.28. The Balaban J connectivity index is 1.67. The van der Waals surface area contributed by atoms with Crippen LogP contribution in [0.25, 0.3) is 16.9 Å². The number of likely N-dealkylation sites (tertiary alicyclic amines) is 1. The highest BCUT2D eigenvalue weighted by molar-refractivity contribution is 5.97. The van der Waals surface area contributed by atoms with E-state index in [0.29, 0.717) is 35.8 Å². The monoisotopic (exact) mass is 437 g/mol. The molecule has 1 aliphatic heterocycles. The highest BCUT2D eigenvalue weighted by atomic mass is 19.1. The molecule has 1 amide bonds. The van der Waals surface area contributed by atoms with Crippen molar-refractivity contribution in [3.63, 3.8) is 0 Å². The Labute approximate surface area is 185 Å². The molecule has 0 unspecified atom stereocenters. The van der Waals surface area contributed by atoms with Crippen molar-refractivity contribution in [3.8, 4) is 22.7 Å². The fourth-order valence-electron chi connectivity index (χ4n) is 3.70. The Kier molecular flexibility index (Phi) is 6.20. The number of hydrogen-bond acceptors (Lipinski definition) is 5. The molecule has 166 valence electrons. The fourth-order valence-corrected chi connectivity index (χ4v) is 3.70. The number of carbonyl (C=O) groups excluding carboxylic acids is 2. The maximum Gasteiger partial charge on any atom is 0.342 e. The number of rotatable bonds is 6. The van der Waals surface area contributed by atoms with Gasteiger partial charge in [-0.3, -0.25) is 4.79 Å². The molecular formula is C24H24FN3O4. The van der Waals surface area contributed by atoms with Crippen molar-refractivity contribution in [2.75, 3.05) is 20.2 Å². The zero-order valence-corrected chi connectivity index (χ0v) is 18.0. The third-order valence-corrected chi connectivity index (χ3v) is 5.42. The average Bonchev–Trinajstić information content (AvgIpc) is 3.49. The Morgan fingerprint density at radius 2 is 1.81 bits per heavy atom. The Hall–Kier alpha value is -3.68. The fraction of sp³-hybridized carbons (Fsp3) is 0.292. The molecule has 0 bridgehead atoms. The summed E-state index contributed by atoms with van der Waals surface area (Å²) in [7, 11) is 1.55. The molecule has 32 heavy (non-hydrogen) atoms. The first-order chi connectivity index (χ1) is 15.5. The Morgan fingerprint density at radius 1 is 1.09 bits per heavy atom. The molecule has 1 saturated heterocycles. The van der Waals surface area contributed by atoms with Gasteiger partial charge in [0.15, 0.2) is 6.10 Å². The molecule has 2 heterocycles. The van der Waals surface area contributed by atoms with E-state index in [2.05, 4.69) is 5.10 Å². The summed E-state index contributed by atoms with van der Waals surface area (Å²) in [6.45, 7) is 2.94. The van der Waals surface area contributed by atoms with Crippen molar-refractivity contribution >= 4 is 11.9 Å². The lowest BCUT2D eigenvalue weighted by Gasteiger charge is -2.20. The molecule has 0 aliphatic carbocycles. The predicted molar refractivity (Wildman–Crippen MR) is 116 cm³/mol. The van der Waals surface area contributed by atoms with E-state index in [4.69, 9.17) is 9.47 Å². The standard InChI is InChI=1S/C24H24FN3O4/c1-16(23(29)27-12-3-4-13-27)32-24(30)21-15-28(19-10-8-18(25)9-11-19)26-22(21)17-6-5-7-20(14-17)31-2/h5-11,14-16H,3-4,12-13H2,1-2H3/t16-/m0/s1. The summed E-state index contributed by atoms with van der Waals surface area (Å²) in [5.41, 5.74) is 1.80. The third-order valence-electron chi connectivity index (χ3n) is 5.42. The summed E-state index contributed by atoms with van der Waals surface area (Å²) in [6, 6.07) is 12.9. The van der Waals surface area contributed by atoms with E-state index in [9.17, 15) is 14.0 Å². The Morgan fingerprint density at radius 3 is 2.50 bits per heavy atom. The third kappa shape index (κ3) is 4.49. The van der Waals surface area contributed by atoms with Crippen molar-refractivity contribution in [1.29, 1.82) is 0 Å². The van der Waals surface area contributed by atoms with Gasteiger partial charge in [-0.25, -0.2) is 13.9 Å². The second-order valence-electron chi connectivity index (χ2n) is 7.62. The molecule has 3 aromatic rings. The van der Waals surface area contributed by atoms with Crippen molar-refractivity contribution in [3.05, 3.63) is 66.1 Å². The zero-order chi connectivity index (χ0) is 22.7. The number of methoxy groups -OCH3 is 1. The van der Waals surface area contributed by atoms with E-state index >= 15 is 0 Å². The molecule has 1 aliphatic rings. The maximum atomic E-state index is 13.4. The van der Waals surface area contributed by atoms with E-state index < -0.39 is 12.1 Å². The summed E-state index contributed by atoms with van der Waals surface area (Å²) >= 11 is 0. The van der Waals surface area contributed by atoms with Crippen LogP contribution in [0.4, 0.5) is 4.39 Å². The minimum absolute atomic E-state index is 0.198. The summed E-state index contributed by atoms with van der Waals surface area (Å²) < 4.78 is 25.7. The number of esters is 1. The minimum Gasteiger partial charge on any atom is -0.497 e.